The summed E-state index contributed by atoms with van der Waals surface area (Å²) in [6.07, 6.45) is 0.794. The summed E-state index contributed by atoms with van der Waals surface area (Å²) in [4.78, 5) is 12.4. The third kappa shape index (κ3) is 3.84. The van der Waals surface area contributed by atoms with Crippen molar-refractivity contribution in [3.8, 4) is 17.2 Å². The topological polar surface area (TPSA) is 60.4 Å². The minimum absolute atomic E-state index is 0.131. The molecule has 1 aliphatic carbocycles. The molecule has 27 heavy (non-hydrogen) atoms. The second kappa shape index (κ2) is 7.70. The largest absolute Gasteiger partial charge is 0.493 e. The van der Waals surface area contributed by atoms with Gasteiger partial charge in [-0.2, -0.15) is 5.10 Å². The lowest BCUT2D eigenvalue weighted by molar-refractivity contribution is -0.137. The third-order valence-electron chi connectivity index (χ3n) is 5.11. The number of hydrazone groups is 1. The highest BCUT2D eigenvalue weighted by atomic mass is 19.3. The molecule has 2 aliphatic rings. The highest BCUT2D eigenvalue weighted by Gasteiger charge is 2.39. The molecule has 0 N–H and O–H groups in total. The van der Waals surface area contributed by atoms with Gasteiger partial charge >= 0.3 is 0 Å². The van der Waals surface area contributed by atoms with Crippen molar-refractivity contribution >= 4 is 11.6 Å². The van der Waals surface area contributed by atoms with E-state index < -0.39 is 5.92 Å². The van der Waals surface area contributed by atoms with E-state index in [1.165, 1.54) is 26.3 Å². The van der Waals surface area contributed by atoms with Crippen LogP contribution in [0.5, 0.6) is 17.2 Å². The Bertz CT molecular complexity index is 741. The van der Waals surface area contributed by atoms with E-state index >= 15 is 0 Å². The molecule has 1 saturated carbocycles. The van der Waals surface area contributed by atoms with Crippen LogP contribution in [0.2, 0.25) is 0 Å². The van der Waals surface area contributed by atoms with Crippen LogP contribution in [0.25, 0.3) is 0 Å². The SMILES string of the molecule is COc1ccc(C2=NN(C3CCC(F)(F)CC3)C(=O)CC2)c(OC)c1OC. The quantitative estimate of drug-likeness (QED) is 0.781. The van der Waals surface area contributed by atoms with Crippen LogP contribution in [0, 0.1) is 0 Å². The first-order valence-electron chi connectivity index (χ1n) is 8.97. The predicted molar refractivity (Wildman–Crippen MR) is 95.9 cm³/mol. The molecule has 0 saturated heterocycles. The Morgan fingerprint density at radius 3 is 2.30 bits per heavy atom. The number of nitrogens with zero attached hydrogens (tertiary/aromatic N) is 2. The number of carbonyl (C=O) groups is 1. The van der Waals surface area contributed by atoms with E-state index in [1.54, 1.807) is 6.07 Å². The van der Waals surface area contributed by atoms with Gasteiger partial charge in [0.2, 0.25) is 17.6 Å². The Morgan fingerprint density at radius 1 is 1.04 bits per heavy atom. The number of carbonyl (C=O) groups excluding carboxylic acids is 1. The lowest BCUT2D eigenvalue weighted by Crippen LogP contribution is -2.43. The fourth-order valence-electron chi connectivity index (χ4n) is 3.65. The highest BCUT2D eigenvalue weighted by molar-refractivity contribution is 6.06. The molecule has 0 atom stereocenters. The second-order valence-electron chi connectivity index (χ2n) is 6.75. The van der Waals surface area contributed by atoms with E-state index in [-0.39, 0.29) is 44.1 Å². The zero-order valence-corrected chi connectivity index (χ0v) is 15.8. The van der Waals surface area contributed by atoms with E-state index in [0.717, 1.165) is 0 Å². The van der Waals surface area contributed by atoms with Crippen molar-refractivity contribution in [2.75, 3.05) is 21.3 Å². The molecule has 0 unspecified atom stereocenters. The maximum Gasteiger partial charge on any atom is 0.248 e. The Hall–Kier alpha value is -2.38. The molecule has 3 rings (SSSR count). The van der Waals surface area contributed by atoms with Crippen LogP contribution in [0.3, 0.4) is 0 Å². The number of methoxy groups -OCH3 is 3. The fourth-order valence-corrected chi connectivity index (χ4v) is 3.65. The van der Waals surface area contributed by atoms with E-state index in [0.29, 0.717) is 34.9 Å². The molecule has 1 heterocycles. The van der Waals surface area contributed by atoms with Crippen LogP contribution < -0.4 is 14.2 Å². The smallest absolute Gasteiger partial charge is 0.248 e. The molecule has 0 radical (unpaired) electrons. The maximum atomic E-state index is 13.5. The number of hydrogen-bond acceptors (Lipinski definition) is 5. The van der Waals surface area contributed by atoms with Gasteiger partial charge in [-0.1, -0.05) is 0 Å². The number of ether oxygens (including phenoxy) is 3. The molecule has 1 aromatic rings. The number of benzene rings is 1. The van der Waals surface area contributed by atoms with Gasteiger partial charge in [0.05, 0.1) is 33.1 Å². The number of amides is 1. The van der Waals surface area contributed by atoms with E-state index in [4.69, 9.17) is 14.2 Å². The molecule has 6 nitrogen and oxygen atoms in total. The molecule has 1 aliphatic heterocycles. The van der Waals surface area contributed by atoms with E-state index in [1.807, 2.05) is 6.07 Å². The summed E-state index contributed by atoms with van der Waals surface area (Å²) in [5.74, 6) is -1.33. The average Bonchev–Trinajstić information content (AvgIpc) is 2.67. The number of halogens is 2. The summed E-state index contributed by atoms with van der Waals surface area (Å²) >= 11 is 0. The fraction of sp³-hybridized carbons (Fsp3) is 0.579. The molecular weight excluding hydrogens is 358 g/mol. The summed E-state index contributed by atoms with van der Waals surface area (Å²) < 4.78 is 43.1. The van der Waals surface area contributed by atoms with Crippen molar-refractivity contribution in [3.05, 3.63) is 17.7 Å². The standard InChI is InChI=1S/C19H24F2N2O4/c1-25-15-6-4-13(17(26-2)18(15)27-3)14-5-7-16(24)23(22-14)12-8-10-19(20,21)11-9-12/h4,6,12H,5,7-11H2,1-3H3. The van der Waals surface area contributed by atoms with Gasteiger partial charge in [0.15, 0.2) is 11.5 Å². The van der Waals surface area contributed by atoms with Crippen LogP contribution in [0.1, 0.15) is 44.1 Å². The molecule has 1 amide bonds. The second-order valence-corrected chi connectivity index (χ2v) is 6.75. The minimum Gasteiger partial charge on any atom is -0.493 e. The van der Waals surface area contributed by atoms with Crippen molar-refractivity contribution in [1.82, 2.24) is 5.01 Å². The van der Waals surface area contributed by atoms with Crippen LogP contribution in [-0.4, -0.2) is 49.9 Å². The summed E-state index contributed by atoms with van der Waals surface area (Å²) in [7, 11) is 4.58. The summed E-state index contributed by atoms with van der Waals surface area (Å²) in [5, 5.41) is 5.92. The number of alkyl halides is 2. The van der Waals surface area contributed by atoms with Crippen molar-refractivity contribution in [1.29, 1.82) is 0 Å². The summed E-state index contributed by atoms with van der Waals surface area (Å²) in [5.41, 5.74) is 1.37. The van der Waals surface area contributed by atoms with Gasteiger partial charge in [0.1, 0.15) is 0 Å². The van der Waals surface area contributed by atoms with Gasteiger partial charge in [-0.15, -0.1) is 0 Å². The van der Waals surface area contributed by atoms with Crippen LogP contribution in [0.4, 0.5) is 8.78 Å². The van der Waals surface area contributed by atoms with Gasteiger partial charge < -0.3 is 14.2 Å². The molecule has 0 aromatic heterocycles. The summed E-state index contributed by atoms with van der Waals surface area (Å²) in [6, 6.07) is 3.27. The molecule has 1 fully saturated rings. The average molecular weight is 382 g/mol. The van der Waals surface area contributed by atoms with Crippen molar-refractivity contribution in [3.63, 3.8) is 0 Å². The van der Waals surface area contributed by atoms with Gasteiger partial charge in [0, 0.05) is 31.2 Å². The normalized spacial score (nSPS) is 20.3. The molecule has 8 heteroatoms. The Labute approximate surface area is 157 Å². The van der Waals surface area contributed by atoms with E-state index in [2.05, 4.69) is 5.10 Å². The Kier molecular flexibility index (Phi) is 5.53. The molecule has 0 spiro atoms. The van der Waals surface area contributed by atoms with Gasteiger partial charge in [-0.05, 0) is 25.0 Å². The van der Waals surface area contributed by atoms with Gasteiger partial charge in [0.25, 0.3) is 0 Å². The van der Waals surface area contributed by atoms with Crippen molar-refractivity contribution in [2.45, 2.75) is 50.5 Å². The van der Waals surface area contributed by atoms with Crippen molar-refractivity contribution in [2.24, 2.45) is 5.10 Å². The highest BCUT2D eigenvalue weighted by Crippen LogP contribution is 2.41. The van der Waals surface area contributed by atoms with Crippen LogP contribution in [0.15, 0.2) is 17.2 Å². The predicted octanol–water partition coefficient (Wildman–Crippen LogP) is 3.62. The first kappa shape index (κ1) is 19.4. The van der Waals surface area contributed by atoms with E-state index in [9.17, 15) is 13.6 Å². The number of hydrogen-bond donors (Lipinski definition) is 0. The maximum absolute atomic E-state index is 13.5. The third-order valence-corrected chi connectivity index (χ3v) is 5.11. The number of rotatable bonds is 5. The zero-order valence-electron chi connectivity index (χ0n) is 15.8. The molecular formula is C19H24F2N2O4. The monoisotopic (exact) mass is 382 g/mol. The van der Waals surface area contributed by atoms with Crippen molar-refractivity contribution < 1.29 is 27.8 Å². The molecule has 148 valence electrons. The zero-order chi connectivity index (χ0) is 19.6. The van der Waals surface area contributed by atoms with Gasteiger partial charge in [-0.25, -0.2) is 13.8 Å². The Morgan fingerprint density at radius 2 is 1.70 bits per heavy atom. The Balaban J connectivity index is 1.94. The first-order chi connectivity index (χ1) is 12.9. The van der Waals surface area contributed by atoms with Crippen LogP contribution >= 0.6 is 0 Å². The molecule has 0 bridgehead atoms. The first-order valence-corrected chi connectivity index (χ1v) is 8.97. The lowest BCUT2D eigenvalue weighted by Gasteiger charge is -2.36. The molecule has 1 aromatic carbocycles. The summed E-state index contributed by atoms with van der Waals surface area (Å²) in [6.45, 7) is 0. The lowest BCUT2D eigenvalue weighted by atomic mass is 9.91. The van der Waals surface area contributed by atoms with Crippen LogP contribution in [-0.2, 0) is 4.79 Å². The minimum atomic E-state index is -2.64. The van der Waals surface area contributed by atoms with Gasteiger partial charge in [-0.3, -0.25) is 4.79 Å².